The molecule has 2 heterocycles. The minimum atomic E-state index is -0.590. The largest absolute Gasteiger partial charge is 0.349 e. The Morgan fingerprint density at radius 1 is 1.00 bits per heavy atom. The number of hydrogen-bond acceptors (Lipinski definition) is 4. The molecule has 0 saturated heterocycles. The molecule has 0 aliphatic carbocycles. The van der Waals surface area contributed by atoms with Crippen molar-refractivity contribution >= 4 is 5.91 Å². The van der Waals surface area contributed by atoms with E-state index in [1.165, 1.54) is 24.3 Å². The van der Waals surface area contributed by atoms with Crippen LogP contribution in [0.2, 0.25) is 0 Å². The van der Waals surface area contributed by atoms with Crippen LogP contribution in [0.15, 0.2) is 42.5 Å². The Hall–Kier alpha value is -3.20. The molecule has 0 saturated carbocycles. The number of carbonyl (C=O) groups excluding carboxylic acids is 1. The number of fused-ring (bicyclic) bond motifs is 1. The molecule has 162 valence electrons. The van der Waals surface area contributed by atoms with Crippen LogP contribution in [0.1, 0.15) is 22.8 Å². The average molecular weight is 429 g/mol. The second-order valence-electron chi connectivity index (χ2n) is 7.53. The molecule has 0 atom stereocenters. The van der Waals surface area contributed by atoms with E-state index in [1.807, 2.05) is 4.57 Å². The van der Waals surface area contributed by atoms with Gasteiger partial charge in [-0.25, -0.2) is 13.2 Å². The van der Waals surface area contributed by atoms with Crippen molar-refractivity contribution in [2.75, 3.05) is 13.1 Å². The standard InChI is InChI=1S/C22H22F3N5O/c23-17-3-1-2-15(10-17)11-22(31)26-13-21-28-27-20-6-7-29(8-9-30(20)21)14-16-4-5-18(24)12-19(16)25/h1-5,10,12H,6-9,11,13-14H2,(H,26,31). The fraction of sp³-hybridized carbons (Fsp3) is 0.318. The highest BCUT2D eigenvalue weighted by Gasteiger charge is 2.20. The Morgan fingerprint density at radius 3 is 2.65 bits per heavy atom. The SMILES string of the molecule is O=C(Cc1cccc(F)c1)NCc1nnc2n1CCN(Cc1ccc(F)cc1F)CC2. The van der Waals surface area contributed by atoms with Crippen molar-refractivity contribution in [3.05, 3.63) is 82.7 Å². The average Bonchev–Trinajstić information content (AvgIpc) is 3.00. The molecule has 4 rings (SSSR count). The molecule has 1 amide bonds. The van der Waals surface area contributed by atoms with Crippen LogP contribution in [0.3, 0.4) is 0 Å². The van der Waals surface area contributed by atoms with Gasteiger partial charge in [-0.3, -0.25) is 9.69 Å². The maximum Gasteiger partial charge on any atom is 0.224 e. The lowest BCUT2D eigenvalue weighted by atomic mass is 10.1. The number of halogens is 3. The van der Waals surface area contributed by atoms with Crippen LogP contribution >= 0.6 is 0 Å². The van der Waals surface area contributed by atoms with Crippen molar-refractivity contribution in [2.24, 2.45) is 0 Å². The predicted octanol–water partition coefficient (Wildman–Crippen LogP) is 2.61. The van der Waals surface area contributed by atoms with Gasteiger partial charge in [0.1, 0.15) is 23.3 Å². The topological polar surface area (TPSA) is 63.1 Å². The summed E-state index contributed by atoms with van der Waals surface area (Å²) in [6, 6.07) is 9.56. The normalized spacial score (nSPS) is 14.2. The van der Waals surface area contributed by atoms with Crippen LogP contribution in [0.4, 0.5) is 13.2 Å². The van der Waals surface area contributed by atoms with Gasteiger partial charge in [0.2, 0.25) is 5.91 Å². The number of carbonyl (C=O) groups is 1. The Balaban J connectivity index is 1.34. The Bertz CT molecular complexity index is 1080. The summed E-state index contributed by atoms with van der Waals surface area (Å²) in [5, 5.41) is 11.2. The van der Waals surface area contributed by atoms with Gasteiger partial charge in [-0.2, -0.15) is 0 Å². The minimum absolute atomic E-state index is 0.0791. The monoisotopic (exact) mass is 429 g/mol. The molecular weight excluding hydrogens is 407 g/mol. The summed E-state index contributed by atoms with van der Waals surface area (Å²) in [6.07, 6.45) is 0.711. The lowest BCUT2D eigenvalue weighted by Gasteiger charge is -2.20. The molecule has 0 bridgehead atoms. The van der Waals surface area contributed by atoms with Gasteiger partial charge in [0.15, 0.2) is 5.82 Å². The van der Waals surface area contributed by atoms with Crippen molar-refractivity contribution in [1.82, 2.24) is 25.0 Å². The smallest absolute Gasteiger partial charge is 0.224 e. The van der Waals surface area contributed by atoms with Gasteiger partial charge in [0, 0.05) is 44.2 Å². The molecule has 9 heteroatoms. The van der Waals surface area contributed by atoms with Crippen molar-refractivity contribution in [3.63, 3.8) is 0 Å². The van der Waals surface area contributed by atoms with Crippen molar-refractivity contribution in [2.45, 2.75) is 32.5 Å². The van der Waals surface area contributed by atoms with Crippen LogP contribution in [-0.2, 0) is 37.3 Å². The van der Waals surface area contributed by atoms with Crippen LogP contribution in [0.25, 0.3) is 0 Å². The first-order valence-corrected chi connectivity index (χ1v) is 10.1. The molecule has 1 aromatic heterocycles. The Morgan fingerprint density at radius 2 is 1.84 bits per heavy atom. The molecule has 6 nitrogen and oxygen atoms in total. The highest BCUT2D eigenvalue weighted by molar-refractivity contribution is 5.78. The first-order valence-electron chi connectivity index (χ1n) is 10.1. The lowest BCUT2D eigenvalue weighted by Crippen LogP contribution is -2.28. The molecule has 0 spiro atoms. The molecule has 0 radical (unpaired) electrons. The number of hydrogen-bond donors (Lipinski definition) is 1. The zero-order valence-corrected chi connectivity index (χ0v) is 16.8. The number of nitrogens with one attached hydrogen (secondary N) is 1. The summed E-state index contributed by atoms with van der Waals surface area (Å²) in [7, 11) is 0. The fourth-order valence-corrected chi connectivity index (χ4v) is 3.68. The zero-order chi connectivity index (χ0) is 21.8. The van der Waals surface area contributed by atoms with E-state index < -0.39 is 11.6 Å². The number of nitrogens with zero attached hydrogens (tertiary/aromatic N) is 4. The molecule has 31 heavy (non-hydrogen) atoms. The number of amides is 1. The van der Waals surface area contributed by atoms with Gasteiger partial charge in [-0.05, 0) is 23.8 Å². The van der Waals surface area contributed by atoms with E-state index >= 15 is 0 Å². The van der Waals surface area contributed by atoms with Gasteiger partial charge in [0.25, 0.3) is 0 Å². The summed E-state index contributed by atoms with van der Waals surface area (Å²) >= 11 is 0. The van der Waals surface area contributed by atoms with Crippen LogP contribution in [0, 0.1) is 17.5 Å². The van der Waals surface area contributed by atoms with Crippen molar-refractivity contribution in [1.29, 1.82) is 0 Å². The lowest BCUT2D eigenvalue weighted by molar-refractivity contribution is -0.120. The van der Waals surface area contributed by atoms with Gasteiger partial charge < -0.3 is 9.88 Å². The molecular formula is C22H22F3N5O. The van der Waals surface area contributed by atoms with Gasteiger partial charge >= 0.3 is 0 Å². The minimum Gasteiger partial charge on any atom is -0.349 e. The van der Waals surface area contributed by atoms with E-state index in [4.69, 9.17) is 0 Å². The Kier molecular flexibility index (Phi) is 6.31. The first-order chi connectivity index (χ1) is 15.0. The van der Waals surface area contributed by atoms with Gasteiger partial charge in [0.05, 0.1) is 13.0 Å². The summed E-state index contributed by atoms with van der Waals surface area (Å²) < 4.78 is 42.3. The third-order valence-corrected chi connectivity index (χ3v) is 5.30. The summed E-state index contributed by atoms with van der Waals surface area (Å²) in [5.41, 5.74) is 1.05. The van der Waals surface area contributed by atoms with E-state index in [2.05, 4.69) is 20.4 Å². The zero-order valence-electron chi connectivity index (χ0n) is 16.8. The van der Waals surface area contributed by atoms with E-state index in [0.717, 1.165) is 11.9 Å². The second-order valence-corrected chi connectivity index (χ2v) is 7.53. The number of rotatable bonds is 6. The van der Waals surface area contributed by atoms with Crippen LogP contribution in [-0.4, -0.2) is 38.7 Å². The van der Waals surface area contributed by atoms with Crippen LogP contribution < -0.4 is 5.32 Å². The summed E-state index contributed by atoms with van der Waals surface area (Å²) in [6.45, 7) is 2.51. The maximum atomic E-state index is 14.0. The van der Waals surface area contributed by atoms with Gasteiger partial charge in [-0.1, -0.05) is 18.2 Å². The van der Waals surface area contributed by atoms with Crippen molar-refractivity contribution < 1.29 is 18.0 Å². The van der Waals surface area contributed by atoms with Crippen LogP contribution in [0.5, 0.6) is 0 Å². The molecule has 0 fully saturated rings. The summed E-state index contributed by atoms with van der Waals surface area (Å²) in [5.74, 6) is -0.310. The van der Waals surface area contributed by atoms with Crippen molar-refractivity contribution in [3.8, 4) is 0 Å². The first kappa shape index (κ1) is 21.0. The third-order valence-electron chi connectivity index (χ3n) is 5.30. The number of aromatic nitrogens is 3. The quantitative estimate of drug-likeness (QED) is 0.655. The second kappa shape index (κ2) is 9.30. The van der Waals surface area contributed by atoms with E-state index in [9.17, 15) is 18.0 Å². The van der Waals surface area contributed by atoms with E-state index in [-0.39, 0.29) is 24.7 Å². The molecule has 1 N–H and O–H groups in total. The molecule has 0 unspecified atom stereocenters. The Labute approximate surface area is 177 Å². The number of benzene rings is 2. The fourth-order valence-electron chi connectivity index (χ4n) is 3.68. The predicted molar refractivity (Wildman–Crippen MR) is 107 cm³/mol. The maximum absolute atomic E-state index is 14.0. The highest BCUT2D eigenvalue weighted by atomic mass is 19.1. The molecule has 1 aliphatic heterocycles. The summed E-state index contributed by atoms with van der Waals surface area (Å²) in [4.78, 5) is 14.3. The molecule has 1 aliphatic rings. The molecule has 2 aromatic carbocycles. The molecule has 3 aromatic rings. The highest BCUT2D eigenvalue weighted by Crippen LogP contribution is 2.15. The van der Waals surface area contributed by atoms with E-state index in [0.29, 0.717) is 49.6 Å². The van der Waals surface area contributed by atoms with Gasteiger partial charge in [-0.15, -0.1) is 10.2 Å². The third kappa shape index (κ3) is 5.29. The van der Waals surface area contributed by atoms with E-state index in [1.54, 1.807) is 12.1 Å².